The van der Waals surface area contributed by atoms with E-state index in [0.29, 0.717) is 17.0 Å². The van der Waals surface area contributed by atoms with Crippen molar-refractivity contribution >= 4 is 17.6 Å². The van der Waals surface area contributed by atoms with Gasteiger partial charge in [0.15, 0.2) is 0 Å². The van der Waals surface area contributed by atoms with Gasteiger partial charge in [0.1, 0.15) is 18.2 Å². The minimum absolute atomic E-state index is 0.0262. The van der Waals surface area contributed by atoms with Crippen molar-refractivity contribution < 1.29 is 18.7 Å². The minimum Gasteiger partial charge on any atom is -0.489 e. The van der Waals surface area contributed by atoms with Crippen LogP contribution in [-0.4, -0.2) is 36.5 Å². The van der Waals surface area contributed by atoms with E-state index in [4.69, 9.17) is 4.74 Å². The van der Waals surface area contributed by atoms with Crippen molar-refractivity contribution in [3.8, 4) is 5.75 Å². The molecule has 6 nitrogen and oxygen atoms in total. The molecule has 0 atom stereocenters. The number of carbonyl (C=O) groups excluding carboxylic acids is 2. The predicted octanol–water partition coefficient (Wildman–Crippen LogP) is 3.15. The quantitative estimate of drug-likeness (QED) is 0.820. The summed E-state index contributed by atoms with van der Waals surface area (Å²) >= 11 is 0. The second-order valence-corrected chi connectivity index (χ2v) is 6.34. The minimum atomic E-state index is -0.454. The number of hydrogen-bond donors (Lipinski definition) is 2. The van der Waals surface area contributed by atoms with Gasteiger partial charge in [-0.2, -0.15) is 0 Å². The van der Waals surface area contributed by atoms with Gasteiger partial charge in [0, 0.05) is 24.8 Å². The van der Waals surface area contributed by atoms with Crippen molar-refractivity contribution in [2.75, 3.05) is 25.0 Å². The molecule has 0 unspecified atom stereocenters. The number of carbonyl (C=O) groups is 2. The topological polar surface area (TPSA) is 70.7 Å². The third-order valence-corrected chi connectivity index (χ3v) is 4.25. The zero-order valence-corrected chi connectivity index (χ0v) is 14.9. The molecule has 3 rings (SSSR count). The summed E-state index contributed by atoms with van der Waals surface area (Å²) < 4.78 is 18.8. The molecule has 0 bridgehead atoms. The fourth-order valence-electron chi connectivity index (χ4n) is 2.87. The lowest BCUT2D eigenvalue weighted by Crippen LogP contribution is -2.40. The highest BCUT2D eigenvalue weighted by atomic mass is 19.1. The highest BCUT2D eigenvalue weighted by Gasteiger charge is 2.18. The molecule has 0 aromatic heterocycles. The molecule has 0 saturated carbocycles. The second-order valence-electron chi connectivity index (χ2n) is 6.34. The van der Waals surface area contributed by atoms with Gasteiger partial charge in [-0.1, -0.05) is 18.2 Å². The molecule has 3 amide bonds. The third-order valence-electron chi connectivity index (χ3n) is 4.25. The Balaban J connectivity index is 1.47. The van der Waals surface area contributed by atoms with Crippen molar-refractivity contribution in [3.63, 3.8) is 0 Å². The van der Waals surface area contributed by atoms with Crippen LogP contribution < -0.4 is 15.4 Å². The summed E-state index contributed by atoms with van der Waals surface area (Å²) in [7, 11) is 0. The number of anilines is 1. The van der Waals surface area contributed by atoms with Gasteiger partial charge in [0.2, 0.25) is 5.91 Å². The molecule has 0 aliphatic carbocycles. The van der Waals surface area contributed by atoms with Crippen LogP contribution in [0.15, 0.2) is 48.5 Å². The van der Waals surface area contributed by atoms with Gasteiger partial charge in [0.25, 0.3) is 0 Å². The highest BCUT2D eigenvalue weighted by Crippen LogP contribution is 2.19. The first-order valence-electron chi connectivity index (χ1n) is 8.90. The van der Waals surface area contributed by atoms with E-state index in [-0.39, 0.29) is 24.9 Å². The monoisotopic (exact) mass is 371 g/mol. The highest BCUT2D eigenvalue weighted by molar-refractivity contribution is 5.92. The zero-order valence-electron chi connectivity index (χ0n) is 14.9. The Morgan fingerprint density at radius 3 is 2.63 bits per heavy atom. The summed E-state index contributed by atoms with van der Waals surface area (Å²) in [5.74, 6) is 0.159. The molecule has 27 heavy (non-hydrogen) atoms. The van der Waals surface area contributed by atoms with Crippen LogP contribution in [0.5, 0.6) is 5.75 Å². The molecule has 142 valence electrons. The van der Waals surface area contributed by atoms with E-state index in [2.05, 4.69) is 10.6 Å². The summed E-state index contributed by atoms with van der Waals surface area (Å²) in [5.41, 5.74) is 1.25. The predicted molar refractivity (Wildman–Crippen MR) is 100 cm³/mol. The molecule has 1 heterocycles. The van der Waals surface area contributed by atoms with Gasteiger partial charge < -0.3 is 20.3 Å². The van der Waals surface area contributed by atoms with Crippen molar-refractivity contribution in [2.24, 2.45) is 0 Å². The van der Waals surface area contributed by atoms with Crippen molar-refractivity contribution in [1.82, 2.24) is 10.2 Å². The van der Waals surface area contributed by atoms with Crippen molar-refractivity contribution in [2.45, 2.75) is 19.4 Å². The molecule has 2 aromatic carbocycles. The maximum Gasteiger partial charge on any atom is 0.319 e. The first-order valence-corrected chi connectivity index (χ1v) is 8.90. The summed E-state index contributed by atoms with van der Waals surface area (Å²) in [6.45, 7) is 1.71. The van der Waals surface area contributed by atoms with E-state index in [1.807, 2.05) is 0 Å². The number of nitrogens with zero attached hydrogens (tertiary/aromatic N) is 1. The van der Waals surface area contributed by atoms with Crippen LogP contribution in [0.4, 0.5) is 14.9 Å². The van der Waals surface area contributed by atoms with Gasteiger partial charge in [-0.25, -0.2) is 9.18 Å². The molecular formula is C20H22FN3O3. The number of urea groups is 1. The van der Waals surface area contributed by atoms with Gasteiger partial charge >= 0.3 is 6.03 Å². The van der Waals surface area contributed by atoms with E-state index in [9.17, 15) is 14.0 Å². The summed E-state index contributed by atoms with van der Waals surface area (Å²) in [4.78, 5) is 25.7. The summed E-state index contributed by atoms with van der Waals surface area (Å²) in [5, 5.41) is 5.24. The maximum absolute atomic E-state index is 13.2. The fourth-order valence-corrected chi connectivity index (χ4v) is 2.87. The van der Waals surface area contributed by atoms with Crippen LogP contribution in [0.25, 0.3) is 0 Å². The number of benzene rings is 2. The summed E-state index contributed by atoms with van der Waals surface area (Å²) in [6, 6.07) is 12.6. The fraction of sp³-hybridized carbons (Fsp3) is 0.300. The van der Waals surface area contributed by atoms with Crippen LogP contribution >= 0.6 is 0 Å². The number of rotatable bonds is 6. The Morgan fingerprint density at radius 2 is 1.85 bits per heavy atom. The molecule has 0 spiro atoms. The molecule has 2 N–H and O–H groups in total. The Bertz CT molecular complexity index is 807. The number of nitrogens with one attached hydrogen (secondary N) is 2. The van der Waals surface area contributed by atoms with Crippen LogP contribution in [-0.2, 0) is 11.4 Å². The number of hydrogen-bond acceptors (Lipinski definition) is 3. The number of likely N-dealkylation sites (tertiary alicyclic amines) is 1. The number of ether oxygens (including phenoxy) is 1. The Hall–Kier alpha value is -3.09. The first-order chi connectivity index (χ1) is 13.1. The molecule has 7 heteroatoms. The van der Waals surface area contributed by atoms with Gasteiger partial charge in [-0.05, 0) is 42.7 Å². The lowest BCUT2D eigenvalue weighted by Gasteiger charge is -2.15. The average Bonchev–Trinajstić information content (AvgIpc) is 3.20. The number of halogens is 1. The molecule has 0 radical (unpaired) electrons. The number of amides is 3. The van der Waals surface area contributed by atoms with Crippen LogP contribution in [0, 0.1) is 5.82 Å². The SMILES string of the molecule is O=C(NCC(=O)N1CCCC1)Nc1cccc(OCc2cccc(F)c2)c1. The maximum atomic E-state index is 13.2. The van der Waals surface area contributed by atoms with E-state index >= 15 is 0 Å². The van der Waals surface area contributed by atoms with Gasteiger partial charge in [-0.15, -0.1) is 0 Å². The summed E-state index contributed by atoms with van der Waals surface area (Å²) in [6.07, 6.45) is 2.03. The van der Waals surface area contributed by atoms with E-state index in [1.54, 1.807) is 41.3 Å². The molecule has 1 aliphatic rings. The Morgan fingerprint density at radius 1 is 1.07 bits per heavy atom. The van der Waals surface area contributed by atoms with Crippen molar-refractivity contribution in [1.29, 1.82) is 0 Å². The molecule has 1 saturated heterocycles. The van der Waals surface area contributed by atoms with Crippen LogP contribution in [0.3, 0.4) is 0 Å². The smallest absolute Gasteiger partial charge is 0.319 e. The van der Waals surface area contributed by atoms with Crippen molar-refractivity contribution in [3.05, 3.63) is 59.9 Å². The lowest BCUT2D eigenvalue weighted by atomic mass is 10.2. The normalized spacial score (nSPS) is 13.3. The van der Waals surface area contributed by atoms with E-state index in [1.165, 1.54) is 12.1 Å². The first kappa shape index (κ1) is 18.7. The molecular weight excluding hydrogens is 349 g/mol. The lowest BCUT2D eigenvalue weighted by molar-refractivity contribution is -0.128. The average molecular weight is 371 g/mol. The molecule has 1 aliphatic heterocycles. The Kier molecular flexibility index (Phi) is 6.25. The zero-order chi connectivity index (χ0) is 19.1. The Labute approximate surface area is 157 Å². The standard InChI is InChI=1S/C20H22FN3O3/c21-16-6-3-5-15(11-16)14-27-18-8-4-7-17(12-18)23-20(26)22-13-19(25)24-9-1-2-10-24/h3-8,11-12H,1-2,9-10,13-14H2,(H2,22,23,26). The van der Waals surface area contributed by atoms with Gasteiger partial charge in [-0.3, -0.25) is 4.79 Å². The van der Waals surface area contributed by atoms with E-state index in [0.717, 1.165) is 25.9 Å². The van der Waals surface area contributed by atoms with E-state index < -0.39 is 6.03 Å². The molecule has 1 fully saturated rings. The largest absolute Gasteiger partial charge is 0.489 e. The second kappa shape index (κ2) is 9.02. The van der Waals surface area contributed by atoms with Crippen LogP contribution in [0.1, 0.15) is 18.4 Å². The molecule has 2 aromatic rings. The van der Waals surface area contributed by atoms with Gasteiger partial charge in [0.05, 0.1) is 6.54 Å². The van der Waals surface area contributed by atoms with Crippen LogP contribution in [0.2, 0.25) is 0 Å². The third kappa shape index (κ3) is 5.70.